The summed E-state index contributed by atoms with van der Waals surface area (Å²) >= 11 is 6.03. The molecular formula is C20H21ClN2O5. The second-order valence-electron chi connectivity index (χ2n) is 5.76. The van der Waals surface area contributed by atoms with Crippen molar-refractivity contribution in [3.63, 3.8) is 0 Å². The van der Waals surface area contributed by atoms with Crippen LogP contribution in [0.15, 0.2) is 42.5 Å². The minimum atomic E-state index is -0.526. The molecule has 2 N–H and O–H groups in total. The Hall–Kier alpha value is -3.06. The summed E-state index contributed by atoms with van der Waals surface area (Å²) in [7, 11) is 1.27. The van der Waals surface area contributed by atoms with Crippen molar-refractivity contribution in [2.75, 3.05) is 25.6 Å². The average molecular weight is 405 g/mol. The van der Waals surface area contributed by atoms with Gasteiger partial charge in [-0.25, -0.2) is 4.79 Å². The number of anilines is 1. The molecule has 2 amide bonds. The number of carbonyl (C=O) groups excluding carboxylic acids is 3. The van der Waals surface area contributed by atoms with E-state index in [0.29, 0.717) is 0 Å². The molecule has 148 valence electrons. The smallest absolute Gasteiger partial charge is 0.337 e. The number of halogens is 1. The van der Waals surface area contributed by atoms with Crippen LogP contribution in [0, 0.1) is 0 Å². The molecule has 2 aromatic carbocycles. The molecular weight excluding hydrogens is 384 g/mol. The van der Waals surface area contributed by atoms with Gasteiger partial charge in [-0.2, -0.15) is 0 Å². The van der Waals surface area contributed by atoms with Gasteiger partial charge in [-0.3, -0.25) is 9.59 Å². The number of amides is 2. The summed E-state index contributed by atoms with van der Waals surface area (Å²) in [5.41, 5.74) is 2.00. The zero-order chi connectivity index (χ0) is 20.5. The van der Waals surface area contributed by atoms with Crippen molar-refractivity contribution < 1.29 is 23.9 Å². The molecule has 2 aromatic rings. The summed E-state index contributed by atoms with van der Waals surface area (Å²) in [4.78, 5) is 35.3. The lowest BCUT2D eigenvalue weighted by Gasteiger charge is -2.11. The number of aryl methyl sites for hydroxylation is 1. The Morgan fingerprint density at radius 2 is 1.82 bits per heavy atom. The van der Waals surface area contributed by atoms with Gasteiger partial charge in [-0.05, 0) is 36.2 Å². The molecule has 0 heterocycles. The predicted octanol–water partition coefficient (Wildman–Crippen LogP) is 2.82. The lowest BCUT2D eigenvalue weighted by atomic mass is 10.1. The molecule has 0 saturated carbocycles. The van der Waals surface area contributed by atoms with Crippen molar-refractivity contribution in [1.82, 2.24) is 5.32 Å². The van der Waals surface area contributed by atoms with Gasteiger partial charge < -0.3 is 20.1 Å². The van der Waals surface area contributed by atoms with E-state index in [0.717, 1.165) is 17.7 Å². The number of ether oxygens (including phenoxy) is 2. The second-order valence-corrected chi connectivity index (χ2v) is 6.17. The number of carbonyl (C=O) groups is 3. The fourth-order valence-electron chi connectivity index (χ4n) is 2.38. The molecule has 2 rings (SSSR count). The van der Waals surface area contributed by atoms with Gasteiger partial charge in [-0.15, -0.1) is 0 Å². The average Bonchev–Trinajstić information content (AvgIpc) is 2.71. The van der Waals surface area contributed by atoms with Crippen LogP contribution in [-0.2, 0) is 20.7 Å². The van der Waals surface area contributed by atoms with Crippen LogP contribution in [0.4, 0.5) is 5.69 Å². The highest BCUT2D eigenvalue weighted by molar-refractivity contribution is 6.32. The minimum absolute atomic E-state index is 0.171. The Bertz CT molecular complexity index is 869. The van der Waals surface area contributed by atoms with E-state index in [1.54, 1.807) is 0 Å². The van der Waals surface area contributed by atoms with Crippen LogP contribution in [0.2, 0.25) is 5.02 Å². The standard InChI is InChI=1S/C20H21ClN2O5/c1-3-13-6-4-5-7-16(13)23-18(24)11-22-19(25)12-28-17-9-8-14(10-15(17)21)20(26)27-2/h4-10H,3,11-12H2,1-2H3,(H,22,25)(H,23,24). The minimum Gasteiger partial charge on any atom is -0.482 e. The highest BCUT2D eigenvalue weighted by atomic mass is 35.5. The second kappa shape index (κ2) is 10.3. The highest BCUT2D eigenvalue weighted by Gasteiger charge is 2.12. The molecule has 0 aliphatic rings. The third-order valence-corrected chi connectivity index (χ3v) is 4.13. The number of rotatable bonds is 8. The van der Waals surface area contributed by atoms with E-state index in [4.69, 9.17) is 16.3 Å². The Morgan fingerprint density at radius 1 is 1.07 bits per heavy atom. The largest absolute Gasteiger partial charge is 0.482 e. The number of para-hydroxylation sites is 1. The first-order valence-electron chi connectivity index (χ1n) is 8.59. The van der Waals surface area contributed by atoms with Crippen LogP contribution < -0.4 is 15.4 Å². The molecule has 0 bridgehead atoms. The van der Waals surface area contributed by atoms with Gasteiger partial charge in [-0.1, -0.05) is 36.7 Å². The van der Waals surface area contributed by atoms with Crippen LogP contribution in [0.25, 0.3) is 0 Å². The number of benzene rings is 2. The van der Waals surface area contributed by atoms with Crippen molar-refractivity contribution >= 4 is 35.1 Å². The zero-order valence-electron chi connectivity index (χ0n) is 15.6. The van der Waals surface area contributed by atoms with Crippen LogP contribution in [0.5, 0.6) is 5.75 Å². The van der Waals surface area contributed by atoms with E-state index in [9.17, 15) is 14.4 Å². The van der Waals surface area contributed by atoms with Gasteiger partial charge in [0.2, 0.25) is 5.91 Å². The van der Waals surface area contributed by atoms with Gasteiger partial charge >= 0.3 is 5.97 Å². The van der Waals surface area contributed by atoms with E-state index in [-0.39, 0.29) is 35.4 Å². The van der Waals surface area contributed by atoms with E-state index in [1.807, 2.05) is 31.2 Å². The van der Waals surface area contributed by atoms with Crippen LogP contribution in [0.3, 0.4) is 0 Å². The highest BCUT2D eigenvalue weighted by Crippen LogP contribution is 2.25. The first-order valence-corrected chi connectivity index (χ1v) is 8.97. The Labute approximate surface area is 168 Å². The molecule has 0 radical (unpaired) electrons. The van der Waals surface area contributed by atoms with Gasteiger partial charge in [0.15, 0.2) is 6.61 Å². The fourth-order valence-corrected chi connectivity index (χ4v) is 2.62. The van der Waals surface area contributed by atoms with Gasteiger partial charge in [0.05, 0.1) is 24.2 Å². The van der Waals surface area contributed by atoms with E-state index in [1.165, 1.54) is 25.3 Å². The van der Waals surface area contributed by atoms with Gasteiger partial charge in [0.25, 0.3) is 5.91 Å². The van der Waals surface area contributed by atoms with Crippen molar-refractivity contribution in [1.29, 1.82) is 0 Å². The molecule has 0 fully saturated rings. The van der Waals surface area contributed by atoms with E-state index < -0.39 is 11.9 Å². The molecule has 0 aliphatic heterocycles. The van der Waals surface area contributed by atoms with Crippen molar-refractivity contribution in [2.45, 2.75) is 13.3 Å². The summed E-state index contributed by atoms with van der Waals surface area (Å²) in [6.07, 6.45) is 0.784. The summed E-state index contributed by atoms with van der Waals surface area (Å²) < 4.78 is 9.93. The number of nitrogens with one attached hydrogen (secondary N) is 2. The summed E-state index contributed by atoms with van der Waals surface area (Å²) in [5.74, 6) is -1.10. The topological polar surface area (TPSA) is 93.7 Å². The lowest BCUT2D eigenvalue weighted by Crippen LogP contribution is -2.35. The monoisotopic (exact) mass is 404 g/mol. The van der Waals surface area contributed by atoms with E-state index >= 15 is 0 Å². The molecule has 7 nitrogen and oxygen atoms in total. The molecule has 0 aromatic heterocycles. The van der Waals surface area contributed by atoms with Crippen molar-refractivity contribution in [2.24, 2.45) is 0 Å². The van der Waals surface area contributed by atoms with Crippen molar-refractivity contribution in [3.05, 3.63) is 58.6 Å². The number of hydrogen-bond donors (Lipinski definition) is 2. The normalized spacial score (nSPS) is 10.1. The van der Waals surface area contributed by atoms with Gasteiger partial charge in [0.1, 0.15) is 5.75 Å². The Morgan fingerprint density at radius 3 is 2.50 bits per heavy atom. The maximum atomic E-state index is 12.0. The molecule has 0 aliphatic carbocycles. The van der Waals surface area contributed by atoms with Gasteiger partial charge in [0, 0.05) is 5.69 Å². The number of methoxy groups -OCH3 is 1. The maximum Gasteiger partial charge on any atom is 0.337 e. The van der Waals surface area contributed by atoms with Crippen LogP contribution >= 0.6 is 11.6 Å². The molecule has 0 saturated heterocycles. The third-order valence-electron chi connectivity index (χ3n) is 3.83. The quantitative estimate of drug-likeness (QED) is 0.660. The Kier molecular flexibility index (Phi) is 7.83. The molecule has 0 spiro atoms. The van der Waals surface area contributed by atoms with Crippen LogP contribution in [0.1, 0.15) is 22.8 Å². The molecule has 0 atom stereocenters. The molecule has 8 heteroatoms. The zero-order valence-corrected chi connectivity index (χ0v) is 16.3. The first kappa shape index (κ1) is 21.2. The fraction of sp³-hybridized carbons (Fsp3) is 0.250. The summed E-state index contributed by atoms with van der Waals surface area (Å²) in [6.45, 7) is 1.48. The van der Waals surface area contributed by atoms with Crippen LogP contribution in [-0.4, -0.2) is 38.0 Å². The SMILES string of the molecule is CCc1ccccc1NC(=O)CNC(=O)COc1ccc(C(=O)OC)cc1Cl. The van der Waals surface area contributed by atoms with E-state index in [2.05, 4.69) is 15.4 Å². The summed E-state index contributed by atoms with van der Waals surface area (Å²) in [6, 6.07) is 11.8. The first-order chi connectivity index (χ1) is 13.4. The Balaban J connectivity index is 1.81. The lowest BCUT2D eigenvalue weighted by molar-refractivity contribution is -0.125. The molecule has 0 unspecified atom stereocenters. The predicted molar refractivity (Wildman–Crippen MR) is 106 cm³/mol. The third kappa shape index (κ3) is 5.99. The summed E-state index contributed by atoms with van der Waals surface area (Å²) in [5, 5.41) is 5.41. The number of hydrogen-bond acceptors (Lipinski definition) is 5. The number of esters is 1. The molecule has 28 heavy (non-hydrogen) atoms. The van der Waals surface area contributed by atoms with Crippen molar-refractivity contribution in [3.8, 4) is 5.75 Å². The maximum absolute atomic E-state index is 12.0.